The van der Waals surface area contributed by atoms with Crippen molar-refractivity contribution in [3.63, 3.8) is 0 Å². The first-order valence-corrected chi connectivity index (χ1v) is 12.6. The predicted molar refractivity (Wildman–Crippen MR) is 125 cm³/mol. The van der Waals surface area contributed by atoms with E-state index in [1.807, 2.05) is 12.1 Å². The van der Waals surface area contributed by atoms with E-state index in [2.05, 4.69) is 4.98 Å². The molecule has 2 aromatic carbocycles. The highest BCUT2D eigenvalue weighted by Crippen LogP contribution is 2.34. The van der Waals surface area contributed by atoms with Gasteiger partial charge < -0.3 is 10.1 Å². The molecule has 0 amide bonds. The van der Waals surface area contributed by atoms with E-state index in [9.17, 15) is 18.5 Å². The minimum Gasteiger partial charge on any atom is -0.358 e. The van der Waals surface area contributed by atoms with E-state index in [-0.39, 0.29) is 21.3 Å². The molecule has 0 spiro atoms. The Hall–Kier alpha value is -2.59. The second-order valence-corrected chi connectivity index (χ2v) is 10.7. The van der Waals surface area contributed by atoms with Gasteiger partial charge in [-0.2, -0.15) is 4.40 Å². The molecule has 2 aromatic heterocycles. The molecule has 0 unspecified atom stereocenters. The summed E-state index contributed by atoms with van der Waals surface area (Å²) in [5.41, 5.74) is 1.12. The monoisotopic (exact) mass is 507 g/mol. The van der Waals surface area contributed by atoms with Crippen LogP contribution in [0.2, 0.25) is 10.0 Å². The Kier molecular flexibility index (Phi) is 6.43. The van der Waals surface area contributed by atoms with Gasteiger partial charge in [0, 0.05) is 10.8 Å². The molecule has 32 heavy (non-hydrogen) atoms. The molecule has 0 saturated carbocycles. The van der Waals surface area contributed by atoms with Crippen molar-refractivity contribution >= 4 is 56.3 Å². The smallest absolute Gasteiger partial charge is 0.352 e. The molecule has 0 atom stereocenters. The fraction of sp³-hybridized carbons (Fsp3) is 0.0952. The molecular formula is C21H15Cl2N3O4S2. The molecule has 0 N–H and O–H groups in total. The number of fused-ring (bicyclic) bond motifs is 1. The molecule has 0 aliphatic carbocycles. The molecule has 4 aromatic rings. The van der Waals surface area contributed by atoms with Crippen LogP contribution in [0.5, 0.6) is 0 Å². The molecule has 0 saturated heterocycles. The first-order valence-electron chi connectivity index (χ1n) is 9.24. The van der Waals surface area contributed by atoms with Crippen molar-refractivity contribution in [2.75, 3.05) is 0 Å². The number of sulfone groups is 1. The number of pyridine rings is 1. The first kappa shape index (κ1) is 22.6. The van der Waals surface area contributed by atoms with Gasteiger partial charge in [0.2, 0.25) is 5.65 Å². The molecule has 0 bridgehead atoms. The van der Waals surface area contributed by atoms with Gasteiger partial charge in [-0.25, -0.2) is 13.4 Å². The summed E-state index contributed by atoms with van der Waals surface area (Å²) in [5, 5.41) is 12.7. The van der Waals surface area contributed by atoms with Gasteiger partial charge in [0.05, 0.1) is 14.8 Å². The van der Waals surface area contributed by atoms with E-state index in [0.717, 1.165) is 5.56 Å². The quantitative estimate of drug-likeness (QED) is 0.178. The Balaban J connectivity index is 1.76. The van der Waals surface area contributed by atoms with Gasteiger partial charge in [-0.15, -0.1) is 11.8 Å². The van der Waals surface area contributed by atoms with Crippen molar-refractivity contribution < 1.29 is 13.3 Å². The molecule has 7 nitrogen and oxygen atoms in total. The first-order chi connectivity index (χ1) is 15.2. The Morgan fingerprint density at radius 2 is 1.72 bits per heavy atom. The maximum atomic E-state index is 12.8. The third-order valence-corrected chi connectivity index (χ3v) is 7.80. The largest absolute Gasteiger partial charge is 0.358 e. The summed E-state index contributed by atoms with van der Waals surface area (Å²) in [4.78, 5) is 16.2. The Labute approximate surface area is 198 Å². The lowest BCUT2D eigenvalue weighted by atomic mass is 10.2. The summed E-state index contributed by atoms with van der Waals surface area (Å²) in [7, 11) is -3.83. The Morgan fingerprint density at radius 3 is 2.38 bits per heavy atom. The highest BCUT2D eigenvalue weighted by Gasteiger charge is 2.29. The van der Waals surface area contributed by atoms with Gasteiger partial charge in [0.1, 0.15) is 11.9 Å². The van der Waals surface area contributed by atoms with Crippen LogP contribution in [0.4, 0.5) is 5.82 Å². The van der Waals surface area contributed by atoms with Crippen LogP contribution < -0.4 is 0 Å². The third-order valence-electron chi connectivity index (χ3n) is 4.61. The number of imidazole rings is 1. The summed E-state index contributed by atoms with van der Waals surface area (Å²) in [6.45, 7) is 0. The standard InChI is InChI=1S/C21H15Cl2N3O4S2/c22-15-8-6-14(7-9-15)12-31-19-10-16(23)11-25-20(19)24-18(21(25)26(27)28)13-32(29,30)17-4-2-1-3-5-17/h1-11H,12-13H2. The minimum atomic E-state index is -3.83. The molecule has 11 heteroatoms. The number of thioether (sulfide) groups is 1. The number of nitrogens with zero attached hydrogens (tertiary/aromatic N) is 3. The predicted octanol–water partition coefficient (Wildman–Crippen LogP) is 5.82. The maximum absolute atomic E-state index is 12.8. The van der Waals surface area contributed by atoms with Crippen molar-refractivity contribution in [2.24, 2.45) is 0 Å². The lowest BCUT2D eigenvalue weighted by Crippen LogP contribution is -2.07. The van der Waals surface area contributed by atoms with Crippen LogP contribution in [-0.2, 0) is 21.3 Å². The van der Waals surface area contributed by atoms with Crippen LogP contribution in [0, 0.1) is 10.1 Å². The zero-order chi connectivity index (χ0) is 22.9. The van der Waals surface area contributed by atoms with Gasteiger partial charge >= 0.3 is 5.82 Å². The van der Waals surface area contributed by atoms with Crippen molar-refractivity contribution in [3.8, 4) is 0 Å². The zero-order valence-electron chi connectivity index (χ0n) is 16.3. The Bertz CT molecular complexity index is 1410. The molecule has 4 rings (SSSR count). The van der Waals surface area contributed by atoms with Crippen molar-refractivity contribution in [3.05, 3.63) is 98.3 Å². The molecule has 0 fully saturated rings. The number of hydrogen-bond donors (Lipinski definition) is 0. The van der Waals surface area contributed by atoms with Crippen LogP contribution >= 0.6 is 35.0 Å². The van der Waals surface area contributed by atoms with Crippen molar-refractivity contribution in [1.82, 2.24) is 9.38 Å². The number of benzene rings is 2. The minimum absolute atomic E-state index is 0.0710. The normalized spacial score (nSPS) is 11.7. The number of halogens is 2. The highest BCUT2D eigenvalue weighted by atomic mass is 35.5. The summed E-state index contributed by atoms with van der Waals surface area (Å²) in [5.74, 6) is -0.477. The van der Waals surface area contributed by atoms with Crippen LogP contribution in [0.15, 0.2) is 76.7 Å². The zero-order valence-corrected chi connectivity index (χ0v) is 19.5. The second-order valence-electron chi connectivity index (χ2n) is 6.84. The summed E-state index contributed by atoms with van der Waals surface area (Å²) >= 11 is 13.5. The van der Waals surface area contributed by atoms with Gasteiger partial charge in [0.15, 0.2) is 15.5 Å². The maximum Gasteiger partial charge on any atom is 0.352 e. The number of aromatic nitrogens is 2. The summed E-state index contributed by atoms with van der Waals surface area (Å²) in [6.07, 6.45) is 1.37. The van der Waals surface area contributed by atoms with Crippen LogP contribution in [-0.4, -0.2) is 22.7 Å². The Morgan fingerprint density at radius 1 is 1.03 bits per heavy atom. The van der Waals surface area contributed by atoms with Gasteiger partial charge in [-0.1, -0.05) is 53.5 Å². The van der Waals surface area contributed by atoms with E-state index in [4.69, 9.17) is 23.2 Å². The third kappa shape index (κ3) is 4.75. The summed E-state index contributed by atoms with van der Waals surface area (Å²) in [6, 6.07) is 16.7. The molecule has 2 heterocycles. The molecular weight excluding hydrogens is 493 g/mol. The topological polar surface area (TPSA) is 94.6 Å². The van der Waals surface area contributed by atoms with E-state index >= 15 is 0 Å². The summed E-state index contributed by atoms with van der Waals surface area (Å²) < 4.78 is 26.9. The van der Waals surface area contributed by atoms with Gasteiger partial charge in [-0.3, -0.25) is 0 Å². The number of nitro groups is 1. The average Bonchev–Trinajstić information content (AvgIpc) is 3.11. The van der Waals surface area contributed by atoms with Crippen molar-refractivity contribution in [1.29, 1.82) is 0 Å². The van der Waals surface area contributed by atoms with Crippen LogP contribution in [0.25, 0.3) is 5.65 Å². The highest BCUT2D eigenvalue weighted by molar-refractivity contribution is 7.98. The van der Waals surface area contributed by atoms with Gasteiger partial charge in [-0.05, 0) is 40.8 Å². The van der Waals surface area contributed by atoms with Crippen LogP contribution in [0.1, 0.15) is 11.3 Å². The van der Waals surface area contributed by atoms with E-state index < -0.39 is 26.3 Å². The average molecular weight is 508 g/mol. The fourth-order valence-corrected chi connectivity index (χ4v) is 5.83. The van der Waals surface area contributed by atoms with E-state index in [0.29, 0.717) is 15.7 Å². The lowest BCUT2D eigenvalue weighted by Gasteiger charge is -2.03. The van der Waals surface area contributed by atoms with Crippen molar-refractivity contribution in [2.45, 2.75) is 21.3 Å². The molecule has 164 valence electrons. The van der Waals surface area contributed by atoms with Crippen LogP contribution in [0.3, 0.4) is 0 Å². The number of rotatable bonds is 7. The lowest BCUT2D eigenvalue weighted by molar-refractivity contribution is -0.391. The van der Waals surface area contributed by atoms with Gasteiger partial charge in [0.25, 0.3) is 0 Å². The molecule has 0 aliphatic rings. The SMILES string of the molecule is O=[N+]([O-])c1c(CS(=O)(=O)c2ccccc2)nc2c(SCc3ccc(Cl)cc3)cc(Cl)cn12. The molecule has 0 radical (unpaired) electrons. The second kappa shape index (κ2) is 9.11. The van der Waals surface area contributed by atoms with E-state index in [1.165, 1.54) is 34.5 Å². The molecule has 0 aliphatic heterocycles. The van der Waals surface area contributed by atoms with E-state index in [1.54, 1.807) is 36.4 Å². The fourth-order valence-electron chi connectivity index (χ4n) is 3.15. The number of hydrogen-bond acceptors (Lipinski definition) is 6.